The number of nitrogens with two attached hydrogens (primary N) is 1. The van der Waals surface area contributed by atoms with E-state index in [1.165, 1.54) is 64.2 Å². The number of primary amides is 1. The topological polar surface area (TPSA) is 43.1 Å². The summed E-state index contributed by atoms with van der Waals surface area (Å²) in [5, 5.41) is 0. The molecule has 2 nitrogen and oxygen atoms in total. The molecule has 0 aliphatic rings. The van der Waals surface area contributed by atoms with E-state index in [4.69, 9.17) is 5.73 Å². The molecular weight excluding hydrogens is 237 g/mol. The normalized spacial score (nSPS) is 9.94. The van der Waals surface area contributed by atoms with Crippen LogP contribution in [0.4, 0.5) is 0 Å². The number of rotatable bonds is 12. The molecule has 0 aromatic rings. The van der Waals surface area contributed by atoms with Gasteiger partial charge in [0.15, 0.2) is 0 Å². The van der Waals surface area contributed by atoms with Crippen LogP contribution in [0.5, 0.6) is 0 Å². The maximum Gasteiger partial charge on any atom is 1.00 e. The minimum Gasteiger partial charge on any atom is -1.00 e. The van der Waals surface area contributed by atoms with Gasteiger partial charge < -0.3 is 7.16 Å². The van der Waals surface area contributed by atoms with E-state index in [0.717, 1.165) is 6.42 Å². The van der Waals surface area contributed by atoms with Gasteiger partial charge in [0.25, 0.3) is 0 Å². The summed E-state index contributed by atoms with van der Waals surface area (Å²) in [5.74, 6) is -0.157. The first-order valence-corrected chi connectivity index (χ1v) is 7.05. The van der Waals surface area contributed by atoms with Gasteiger partial charge in [0.05, 0.1) is 0 Å². The van der Waals surface area contributed by atoms with Crippen LogP contribution in [0.1, 0.15) is 85.4 Å². The Morgan fingerprint density at radius 3 is 1.53 bits per heavy atom. The van der Waals surface area contributed by atoms with Crippen LogP contribution < -0.4 is 57.1 Å². The molecule has 0 heterocycles. The second-order valence-electron chi connectivity index (χ2n) is 4.75. The number of carbonyl (C=O) groups is 1. The predicted molar refractivity (Wildman–Crippen MR) is 71.4 cm³/mol. The van der Waals surface area contributed by atoms with E-state index in [9.17, 15) is 4.79 Å². The first kappa shape index (κ1) is 20.4. The van der Waals surface area contributed by atoms with Crippen LogP contribution in [0, 0.1) is 0 Å². The van der Waals surface area contributed by atoms with Crippen molar-refractivity contribution < 1.29 is 57.6 Å². The van der Waals surface area contributed by atoms with Crippen molar-refractivity contribution in [2.24, 2.45) is 5.73 Å². The maximum atomic E-state index is 10.5. The van der Waals surface area contributed by atoms with E-state index in [1.807, 2.05) is 0 Å². The molecule has 0 saturated carbocycles. The van der Waals surface area contributed by atoms with Gasteiger partial charge in [-0.05, 0) is 6.42 Å². The molecule has 0 aromatic carbocycles. The van der Waals surface area contributed by atoms with E-state index >= 15 is 0 Å². The Kier molecular flexibility index (Phi) is 20.6. The molecule has 2 N–H and O–H groups in total. The second-order valence-corrected chi connectivity index (χ2v) is 4.75. The molecule has 0 radical (unpaired) electrons. The Morgan fingerprint density at radius 2 is 1.18 bits per heavy atom. The summed E-state index contributed by atoms with van der Waals surface area (Å²) in [6.07, 6.45) is 15.0. The summed E-state index contributed by atoms with van der Waals surface area (Å²) in [6, 6.07) is 0. The largest absolute Gasteiger partial charge is 1.00 e. The fourth-order valence-electron chi connectivity index (χ4n) is 1.96. The fourth-order valence-corrected chi connectivity index (χ4v) is 1.96. The van der Waals surface area contributed by atoms with Crippen molar-refractivity contribution in [1.82, 2.24) is 0 Å². The third-order valence-corrected chi connectivity index (χ3v) is 3.03. The van der Waals surface area contributed by atoms with Gasteiger partial charge in [-0.25, -0.2) is 0 Å². The maximum absolute atomic E-state index is 10.5. The molecule has 17 heavy (non-hydrogen) atoms. The van der Waals surface area contributed by atoms with Crippen molar-refractivity contribution in [3.05, 3.63) is 0 Å². The molecule has 0 unspecified atom stereocenters. The molecule has 0 aromatic heterocycles. The van der Waals surface area contributed by atoms with Crippen LogP contribution in [0.2, 0.25) is 0 Å². The zero-order chi connectivity index (χ0) is 12.1. The van der Waals surface area contributed by atoms with Crippen molar-refractivity contribution in [3.63, 3.8) is 0 Å². The van der Waals surface area contributed by atoms with Gasteiger partial charge in [0, 0.05) is 6.42 Å². The summed E-state index contributed by atoms with van der Waals surface area (Å²) in [4.78, 5) is 10.5. The zero-order valence-corrected chi connectivity index (χ0v) is 15.1. The van der Waals surface area contributed by atoms with Crippen LogP contribution in [-0.4, -0.2) is 5.91 Å². The van der Waals surface area contributed by atoms with Gasteiger partial charge >= 0.3 is 51.4 Å². The molecule has 0 bridgehead atoms. The number of hydrogen-bond donors (Lipinski definition) is 1. The molecule has 0 spiro atoms. The summed E-state index contributed by atoms with van der Waals surface area (Å²) >= 11 is 0. The molecule has 0 aliphatic heterocycles. The number of hydrogen-bond acceptors (Lipinski definition) is 1. The van der Waals surface area contributed by atoms with Crippen molar-refractivity contribution in [1.29, 1.82) is 0 Å². The van der Waals surface area contributed by atoms with Gasteiger partial charge in [-0.15, -0.1) is 0 Å². The Morgan fingerprint density at radius 1 is 0.824 bits per heavy atom. The standard InChI is InChI=1S/C14H29NO.K.H/c1-2-3-4-5-6-7-8-9-10-11-12-13-14(15)16;;/h2-13H2,1H3,(H2,15,16);;/q;+1;-1. The van der Waals surface area contributed by atoms with E-state index in [1.54, 1.807) is 0 Å². The van der Waals surface area contributed by atoms with Crippen LogP contribution >= 0.6 is 0 Å². The summed E-state index contributed by atoms with van der Waals surface area (Å²) in [7, 11) is 0. The van der Waals surface area contributed by atoms with Crippen molar-refractivity contribution >= 4 is 5.91 Å². The van der Waals surface area contributed by atoms with Crippen LogP contribution in [-0.2, 0) is 4.79 Å². The molecule has 98 valence electrons. The Labute approximate surface area is 151 Å². The molecule has 0 atom stereocenters. The molecule has 0 fully saturated rings. The number of amides is 1. The molecule has 3 heteroatoms. The minimum atomic E-state index is -0.157. The van der Waals surface area contributed by atoms with Gasteiger partial charge in [-0.1, -0.05) is 71.1 Å². The SMILES string of the molecule is CCCCCCCCCCCCCC(N)=O.[H-].[K+]. The van der Waals surface area contributed by atoms with Crippen LogP contribution in [0.3, 0.4) is 0 Å². The van der Waals surface area contributed by atoms with E-state index in [2.05, 4.69) is 6.92 Å². The quantitative estimate of drug-likeness (QED) is 0.420. The van der Waals surface area contributed by atoms with Crippen LogP contribution in [0.25, 0.3) is 0 Å². The van der Waals surface area contributed by atoms with Crippen molar-refractivity contribution in [2.75, 3.05) is 0 Å². The van der Waals surface area contributed by atoms with Gasteiger partial charge in [-0.2, -0.15) is 0 Å². The third-order valence-electron chi connectivity index (χ3n) is 3.03. The van der Waals surface area contributed by atoms with Gasteiger partial charge in [0.2, 0.25) is 5.91 Å². The summed E-state index contributed by atoms with van der Waals surface area (Å²) < 4.78 is 0. The van der Waals surface area contributed by atoms with E-state index < -0.39 is 0 Å². The Hall–Kier alpha value is 1.11. The van der Waals surface area contributed by atoms with Crippen molar-refractivity contribution in [2.45, 2.75) is 84.0 Å². The van der Waals surface area contributed by atoms with E-state index in [0.29, 0.717) is 6.42 Å². The average molecular weight is 267 g/mol. The first-order chi connectivity index (χ1) is 7.77. The second kappa shape index (κ2) is 17.1. The number of carbonyl (C=O) groups excluding carboxylic acids is 1. The van der Waals surface area contributed by atoms with Gasteiger partial charge in [-0.3, -0.25) is 4.79 Å². The molecule has 1 amide bonds. The fraction of sp³-hybridized carbons (Fsp3) is 0.929. The molecule has 0 saturated heterocycles. The van der Waals surface area contributed by atoms with Crippen molar-refractivity contribution in [3.8, 4) is 0 Å². The zero-order valence-electron chi connectivity index (χ0n) is 13.0. The van der Waals surface area contributed by atoms with Gasteiger partial charge in [0.1, 0.15) is 0 Å². The molecule has 0 rings (SSSR count). The Bertz CT molecular complexity index is 168. The smallest absolute Gasteiger partial charge is 1.00 e. The monoisotopic (exact) mass is 267 g/mol. The summed E-state index contributed by atoms with van der Waals surface area (Å²) in [5.41, 5.74) is 5.07. The first-order valence-electron chi connectivity index (χ1n) is 7.05. The number of unbranched alkanes of at least 4 members (excludes halogenated alkanes) is 10. The van der Waals surface area contributed by atoms with Crippen LogP contribution in [0.15, 0.2) is 0 Å². The third kappa shape index (κ3) is 19.6. The molecular formula is C14H30KNO. The minimum absolute atomic E-state index is 0. The predicted octanol–water partition coefficient (Wildman–Crippen LogP) is 1.29. The average Bonchev–Trinajstić information content (AvgIpc) is 2.25. The molecule has 0 aliphatic carbocycles. The van der Waals surface area contributed by atoms with E-state index in [-0.39, 0.29) is 58.7 Å². The Balaban J connectivity index is -0.00000112. The summed E-state index contributed by atoms with van der Waals surface area (Å²) in [6.45, 7) is 2.26.